The number of nitrogens with zero attached hydrogens (tertiary/aromatic N) is 1. The van der Waals surface area contributed by atoms with Crippen molar-refractivity contribution in [1.29, 1.82) is 0 Å². The molecule has 0 bridgehead atoms. The van der Waals surface area contributed by atoms with Gasteiger partial charge < -0.3 is 5.73 Å². The molecule has 1 heterocycles. The zero-order valence-electron chi connectivity index (χ0n) is 7.39. The molecule has 0 fully saturated rings. The molecule has 0 amide bonds. The lowest BCUT2D eigenvalue weighted by atomic mass is 10.1. The molecule has 2 N–H and O–H groups in total. The van der Waals surface area contributed by atoms with Gasteiger partial charge in [0.2, 0.25) is 0 Å². The van der Waals surface area contributed by atoms with Crippen LogP contribution in [0.1, 0.15) is 25.0 Å². The lowest BCUT2D eigenvalue weighted by molar-refractivity contribution is 1.01. The molecule has 2 nitrogen and oxygen atoms in total. The molecule has 1 aromatic rings. The first kappa shape index (κ1) is 9.52. The van der Waals surface area contributed by atoms with Gasteiger partial charge in [0.25, 0.3) is 0 Å². The molecule has 12 heavy (non-hydrogen) atoms. The molecule has 0 aliphatic rings. The molecule has 0 atom stereocenters. The van der Waals surface area contributed by atoms with Crippen LogP contribution in [0, 0.1) is 0 Å². The van der Waals surface area contributed by atoms with E-state index in [2.05, 4.69) is 34.8 Å². The number of nitrogen functional groups attached to an aromatic ring is 1. The molecule has 1 rings (SSSR count). The number of nitrogens with two attached hydrogens (primary N) is 1. The van der Waals surface area contributed by atoms with Crippen molar-refractivity contribution >= 4 is 21.7 Å². The van der Waals surface area contributed by atoms with Gasteiger partial charge in [0.05, 0.1) is 0 Å². The van der Waals surface area contributed by atoms with Crippen molar-refractivity contribution in [2.45, 2.75) is 26.7 Å². The van der Waals surface area contributed by atoms with E-state index in [1.165, 1.54) is 11.1 Å². The van der Waals surface area contributed by atoms with Crippen LogP contribution in [0.5, 0.6) is 0 Å². The molecule has 0 aliphatic carbocycles. The van der Waals surface area contributed by atoms with Gasteiger partial charge in [-0.3, -0.25) is 0 Å². The monoisotopic (exact) mass is 228 g/mol. The van der Waals surface area contributed by atoms with Gasteiger partial charge in [-0.25, -0.2) is 4.98 Å². The Morgan fingerprint density at radius 3 is 2.33 bits per heavy atom. The minimum atomic E-state index is 0.664. The van der Waals surface area contributed by atoms with Gasteiger partial charge in [0.1, 0.15) is 5.82 Å². The lowest BCUT2D eigenvalue weighted by Crippen LogP contribution is -2.01. The fourth-order valence-corrected chi connectivity index (χ4v) is 1.98. The van der Waals surface area contributed by atoms with Crippen molar-refractivity contribution in [3.05, 3.63) is 21.8 Å². The Bertz CT molecular complexity index is 255. The number of aromatic nitrogens is 1. The molecule has 0 unspecified atom stereocenters. The van der Waals surface area contributed by atoms with E-state index in [-0.39, 0.29) is 0 Å². The van der Waals surface area contributed by atoms with Gasteiger partial charge in [-0.15, -0.1) is 0 Å². The summed E-state index contributed by atoms with van der Waals surface area (Å²) in [6.07, 6.45) is 3.71. The third-order valence-electron chi connectivity index (χ3n) is 1.99. The number of rotatable bonds is 2. The predicted molar refractivity (Wildman–Crippen MR) is 55.1 cm³/mol. The van der Waals surface area contributed by atoms with Crippen molar-refractivity contribution in [3.63, 3.8) is 0 Å². The van der Waals surface area contributed by atoms with E-state index < -0.39 is 0 Å². The summed E-state index contributed by atoms with van der Waals surface area (Å²) in [7, 11) is 0. The van der Waals surface area contributed by atoms with Crippen LogP contribution in [-0.4, -0.2) is 4.98 Å². The maximum Gasteiger partial charge on any atom is 0.126 e. The van der Waals surface area contributed by atoms with Gasteiger partial charge in [-0.1, -0.05) is 13.8 Å². The maximum absolute atomic E-state index is 5.74. The highest BCUT2D eigenvalue weighted by Crippen LogP contribution is 2.24. The molecule has 0 aliphatic heterocycles. The fraction of sp³-hybridized carbons (Fsp3) is 0.444. The van der Waals surface area contributed by atoms with E-state index in [1.54, 1.807) is 6.20 Å². The number of hydrogen-bond donors (Lipinski definition) is 1. The largest absolute Gasteiger partial charge is 0.383 e. The summed E-state index contributed by atoms with van der Waals surface area (Å²) in [5.41, 5.74) is 8.20. The van der Waals surface area contributed by atoms with Gasteiger partial charge in [0, 0.05) is 10.7 Å². The molecular formula is C9H13BrN2. The molecule has 3 heteroatoms. The van der Waals surface area contributed by atoms with Crippen molar-refractivity contribution in [2.75, 3.05) is 5.73 Å². The van der Waals surface area contributed by atoms with Crippen LogP contribution in [-0.2, 0) is 12.8 Å². The number of hydrogen-bond acceptors (Lipinski definition) is 2. The topological polar surface area (TPSA) is 38.9 Å². The zero-order valence-corrected chi connectivity index (χ0v) is 8.98. The van der Waals surface area contributed by atoms with E-state index in [9.17, 15) is 0 Å². The Kier molecular flexibility index (Phi) is 3.09. The van der Waals surface area contributed by atoms with Gasteiger partial charge in [-0.2, -0.15) is 0 Å². The van der Waals surface area contributed by atoms with Crippen molar-refractivity contribution in [3.8, 4) is 0 Å². The molecule has 0 radical (unpaired) electrons. The average molecular weight is 229 g/mol. The van der Waals surface area contributed by atoms with Crippen LogP contribution in [0.15, 0.2) is 10.7 Å². The molecule has 0 saturated heterocycles. The SMILES string of the molecule is CCc1c(Br)cnc(N)c1CC. The van der Waals surface area contributed by atoms with Crippen LogP contribution in [0.2, 0.25) is 0 Å². The van der Waals surface area contributed by atoms with E-state index >= 15 is 0 Å². The summed E-state index contributed by atoms with van der Waals surface area (Å²) >= 11 is 3.46. The first-order chi connectivity index (χ1) is 5.70. The summed E-state index contributed by atoms with van der Waals surface area (Å²) in [6, 6.07) is 0. The van der Waals surface area contributed by atoms with Crippen LogP contribution in [0.3, 0.4) is 0 Å². The zero-order chi connectivity index (χ0) is 9.14. The molecule has 1 aromatic heterocycles. The van der Waals surface area contributed by atoms with Gasteiger partial charge >= 0.3 is 0 Å². The van der Waals surface area contributed by atoms with Crippen LogP contribution in [0.25, 0.3) is 0 Å². The Morgan fingerprint density at radius 1 is 1.33 bits per heavy atom. The van der Waals surface area contributed by atoms with Crippen molar-refractivity contribution in [2.24, 2.45) is 0 Å². The highest BCUT2D eigenvalue weighted by molar-refractivity contribution is 9.10. The Hall–Kier alpha value is -0.570. The van der Waals surface area contributed by atoms with Gasteiger partial charge in [0.15, 0.2) is 0 Å². The molecule has 0 aromatic carbocycles. The molecule has 0 spiro atoms. The highest BCUT2D eigenvalue weighted by Gasteiger charge is 2.07. The van der Waals surface area contributed by atoms with E-state index in [0.717, 1.165) is 17.3 Å². The maximum atomic E-state index is 5.74. The number of halogens is 1. The predicted octanol–water partition coefficient (Wildman–Crippen LogP) is 2.55. The van der Waals surface area contributed by atoms with Crippen LogP contribution in [0.4, 0.5) is 5.82 Å². The number of anilines is 1. The summed E-state index contributed by atoms with van der Waals surface area (Å²) in [5, 5.41) is 0. The Balaban J connectivity index is 3.28. The second kappa shape index (κ2) is 3.90. The van der Waals surface area contributed by atoms with E-state index in [4.69, 9.17) is 5.73 Å². The van der Waals surface area contributed by atoms with E-state index in [1.807, 2.05) is 0 Å². The van der Waals surface area contributed by atoms with E-state index in [0.29, 0.717) is 5.82 Å². The molecule has 66 valence electrons. The third kappa shape index (κ3) is 1.61. The normalized spacial score (nSPS) is 10.2. The molecular weight excluding hydrogens is 216 g/mol. The minimum absolute atomic E-state index is 0.664. The Labute approximate surface area is 81.3 Å². The summed E-state index contributed by atoms with van der Waals surface area (Å²) in [4.78, 5) is 4.09. The summed E-state index contributed by atoms with van der Waals surface area (Å²) in [6.45, 7) is 4.22. The summed E-state index contributed by atoms with van der Waals surface area (Å²) < 4.78 is 1.07. The highest BCUT2D eigenvalue weighted by atomic mass is 79.9. The number of pyridine rings is 1. The smallest absolute Gasteiger partial charge is 0.126 e. The minimum Gasteiger partial charge on any atom is -0.383 e. The third-order valence-corrected chi connectivity index (χ3v) is 2.67. The van der Waals surface area contributed by atoms with Crippen LogP contribution < -0.4 is 5.73 Å². The van der Waals surface area contributed by atoms with Crippen molar-refractivity contribution in [1.82, 2.24) is 4.98 Å². The summed E-state index contributed by atoms with van der Waals surface area (Å²) in [5.74, 6) is 0.664. The van der Waals surface area contributed by atoms with Crippen molar-refractivity contribution < 1.29 is 0 Å². The quantitative estimate of drug-likeness (QED) is 0.846. The fourth-order valence-electron chi connectivity index (χ4n) is 1.36. The average Bonchev–Trinajstić information content (AvgIpc) is 2.08. The second-order valence-electron chi connectivity index (χ2n) is 2.66. The first-order valence-electron chi connectivity index (χ1n) is 4.12. The second-order valence-corrected chi connectivity index (χ2v) is 3.51. The lowest BCUT2D eigenvalue weighted by Gasteiger charge is -2.09. The van der Waals surface area contributed by atoms with Gasteiger partial charge in [-0.05, 0) is 39.9 Å². The Morgan fingerprint density at radius 2 is 1.92 bits per heavy atom. The van der Waals surface area contributed by atoms with Crippen LogP contribution >= 0.6 is 15.9 Å². The molecule has 0 saturated carbocycles. The standard InChI is InChI=1S/C9H13BrN2/c1-3-6-7(4-2)9(11)12-5-8(6)10/h5H,3-4H2,1-2H3,(H2,11,12). The first-order valence-corrected chi connectivity index (χ1v) is 4.91.